The van der Waals surface area contributed by atoms with Crippen LogP contribution in [0.25, 0.3) is 0 Å². The Kier molecular flexibility index (Phi) is 5.37. The molecule has 1 N–H and O–H groups in total. The lowest BCUT2D eigenvalue weighted by Gasteiger charge is -2.12. The van der Waals surface area contributed by atoms with E-state index in [1.54, 1.807) is 0 Å². The van der Waals surface area contributed by atoms with E-state index >= 15 is 0 Å². The van der Waals surface area contributed by atoms with E-state index < -0.39 is 0 Å². The van der Waals surface area contributed by atoms with Gasteiger partial charge in [0.1, 0.15) is 0 Å². The van der Waals surface area contributed by atoms with Crippen molar-refractivity contribution >= 4 is 0 Å². The number of hydrogen-bond acceptors (Lipinski definition) is 1. The van der Waals surface area contributed by atoms with Crippen molar-refractivity contribution in [2.24, 2.45) is 0 Å². The van der Waals surface area contributed by atoms with Crippen LogP contribution in [0.2, 0.25) is 0 Å². The summed E-state index contributed by atoms with van der Waals surface area (Å²) < 4.78 is 0. The molecule has 2 rings (SSSR count). The number of rotatable bonds is 6. The molecular formula is C19H24O. The standard InChI is InChI=1S/C19H24O/c1-15(2)18-11-8-17(9-12-18)14-19(20)13-10-16-6-4-3-5-7-16/h3-9,11-12,15,19-20H,10,13-14H2,1-2H3. The van der Waals surface area contributed by atoms with Gasteiger partial charge in [-0.3, -0.25) is 0 Å². The Morgan fingerprint density at radius 2 is 1.50 bits per heavy atom. The molecule has 0 amide bonds. The van der Waals surface area contributed by atoms with Crippen LogP contribution < -0.4 is 0 Å². The van der Waals surface area contributed by atoms with Crippen LogP contribution in [0.5, 0.6) is 0 Å². The molecule has 0 saturated carbocycles. The predicted octanol–water partition coefficient (Wildman–Crippen LogP) is 4.35. The highest BCUT2D eigenvalue weighted by molar-refractivity contribution is 5.25. The zero-order valence-corrected chi connectivity index (χ0v) is 12.4. The fourth-order valence-electron chi connectivity index (χ4n) is 2.39. The molecule has 0 aliphatic carbocycles. The van der Waals surface area contributed by atoms with Crippen molar-refractivity contribution in [1.29, 1.82) is 0 Å². The smallest absolute Gasteiger partial charge is 0.0583 e. The summed E-state index contributed by atoms with van der Waals surface area (Å²) in [7, 11) is 0. The average Bonchev–Trinajstić information content (AvgIpc) is 2.47. The molecule has 0 fully saturated rings. The fourth-order valence-corrected chi connectivity index (χ4v) is 2.39. The number of aliphatic hydroxyl groups excluding tert-OH is 1. The highest BCUT2D eigenvalue weighted by atomic mass is 16.3. The Balaban J connectivity index is 1.83. The summed E-state index contributed by atoms with van der Waals surface area (Å²) in [6.45, 7) is 4.40. The van der Waals surface area contributed by atoms with Crippen LogP contribution in [-0.4, -0.2) is 11.2 Å². The van der Waals surface area contributed by atoms with Crippen molar-refractivity contribution < 1.29 is 5.11 Å². The Bertz CT molecular complexity index is 499. The van der Waals surface area contributed by atoms with E-state index in [1.807, 2.05) is 18.2 Å². The summed E-state index contributed by atoms with van der Waals surface area (Å²) in [5.41, 5.74) is 3.86. The van der Waals surface area contributed by atoms with E-state index in [1.165, 1.54) is 16.7 Å². The van der Waals surface area contributed by atoms with Gasteiger partial charge in [0.15, 0.2) is 0 Å². The van der Waals surface area contributed by atoms with Crippen LogP contribution in [0.3, 0.4) is 0 Å². The zero-order valence-electron chi connectivity index (χ0n) is 12.4. The third kappa shape index (κ3) is 4.50. The van der Waals surface area contributed by atoms with Gasteiger partial charge in [-0.15, -0.1) is 0 Å². The SMILES string of the molecule is CC(C)c1ccc(CC(O)CCc2ccccc2)cc1. The number of aliphatic hydroxyl groups is 1. The van der Waals surface area contributed by atoms with Gasteiger partial charge < -0.3 is 5.11 Å². The lowest BCUT2D eigenvalue weighted by Crippen LogP contribution is -2.11. The minimum absolute atomic E-state index is 0.264. The van der Waals surface area contributed by atoms with Crippen LogP contribution in [-0.2, 0) is 12.8 Å². The van der Waals surface area contributed by atoms with Crippen molar-refractivity contribution in [2.75, 3.05) is 0 Å². The number of hydrogen-bond donors (Lipinski definition) is 1. The van der Waals surface area contributed by atoms with Crippen molar-refractivity contribution in [3.8, 4) is 0 Å². The van der Waals surface area contributed by atoms with Gasteiger partial charge in [-0.2, -0.15) is 0 Å². The average molecular weight is 268 g/mol. The Morgan fingerprint density at radius 1 is 0.850 bits per heavy atom. The topological polar surface area (TPSA) is 20.2 Å². The third-order valence-electron chi connectivity index (χ3n) is 3.73. The van der Waals surface area contributed by atoms with E-state index in [-0.39, 0.29) is 6.10 Å². The quantitative estimate of drug-likeness (QED) is 0.826. The molecule has 0 aliphatic heterocycles. The maximum absolute atomic E-state index is 10.1. The lowest BCUT2D eigenvalue weighted by atomic mass is 9.98. The number of aryl methyl sites for hydroxylation is 1. The second-order valence-electron chi connectivity index (χ2n) is 5.78. The fraction of sp³-hybridized carbons (Fsp3) is 0.368. The van der Waals surface area contributed by atoms with E-state index in [9.17, 15) is 5.11 Å². The Labute approximate surface area is 122 Å². The lowest BCUT2D eigenvalue weighted by molar-refractivity contribution is 0.165. The second kappa shape index (κ2) is 7.25. The van der Waals surface area contributed by atoms with Crippen molar-refractivity contribution in [2.45, 2.75) is 45.1 Å². The monoisotopic (exact) mass is 268 g/mol. The molecule has 0 aliphatic rings. The first-order valence-electron chi connectivity index (χ1n) is 7.46. The normalized spacial score (nSPS) is 12.6. The summed E-state index contributed by atoms with van der Waals surface area (Å²) >= 11 is 0. The molecule has 1 unspecified atom stereocenters. The first-order chi connectivity index (χ1) is 9.65. The summed E-state index contributed by atoms with van der Waals surface area (Å²) in [6, 6.07) is 19.0. The van der Waals surface area contributed by atoms with Crippen molar-refractivity contribution in [3.05, 3.63) is 71.3 Å². The molecule has 2 aromatic rings. The first kappa shape index (κ1) is 14.8. The second-order valence-corrected chi connectivity index (χ2v) is 5.78. The highest BCUT2D eigenvalue weighted by Gasteiger charge is 2.07. The molecule has 0 bridgehead atoms. The van der Waals surface area contributed by atoms with Gasteiger partial charge in [-0.25, -0.2) is 0 Å². The maximum Gasteiger partial charge on any atom is 0.0583 e. The zero-order chi connectivity index (χ0) is 14.4. The van der Waals surface area contributed by atoms with Gasteiger partial charge in [0, 0.05) is 0 Å². The summed E-state index contributed by atoms with van der Waals surface area (Å²) in [5.74, 6) is 0.562. The van der Waals surface area contributed by atoms with E-state index in [0.717, 1.165) is 19.3 Å². The highest BCUT2D eigenvalue weighted by Crippen LogP contribution is 2.16. The van der Waals surface area contributed by atoms with Crippen LogP contribution in [0.15, 0.2) is 54.6 Å². The predicted molar refractivity (Wildman–Crippen MR) is 85.0 cm³/mol. The largest absolute Gasteiger partial charge is 0.393 e. The van der Waals surface area contributed by atoms with Crippen LogP contribution >= 0.6 is 0 Å². The first-order valence-corrected chi connectivity index (χ1v) is 7.46. The molecular weight excluding hydrogens is 244 g/mol. The van der Waals surface area contributed by atoms with E-state index in [0.29, 0.717) is 5.92 Å². The molecule has 0 spiro atoms. The summed E-state index contributed by atoms with van der Waals surface area (Å²) in [6.07, 6.45) is 2.23. The summed E-state index contributed by atoms with van der Waals surface area (Å²) in [4.78, 5) is 0. The van der Waals surface area contributed by atoms with Gasteiger partial charge in [0.05, 0.1) is 6.10 Å². The van der Waals surface area contributed by atoms with E-state index in [4.69, 9.17) is 0 Å². The van der Waals surface area contributed by atoms with Crippen LogP contribution in [0, 0.1) is 0 Å². The van der Waals surface area contributed by atoms with Gasteiger partial charge in [0.2, 0.25) is 0 Å². The molecule has 1 heteroatoms. The molecule has 0 heterocycles. The van der Waals surface area contributed by atoms with Gasteiger partial charge >= 0.3 is 0 Å². The van der Waals surface area contributed by atoms with Crippen LogP contribution in [0.1, 0.15) is 42.9 Å². The minimum Gasteiger partial charge on any atom is -0.393 e. The maximum atomic E-state index is 10.1. The molecule has 0 saturated heterocycles. The molecule has 1 nitrogen and oxygen atoms in total. The van der Waals surface area contributed by atoms with Crippen molar-refractivity contribution in [1.82, 2.24) is 0 Å². The van der Waals surface area contributed by atoms with Gasteiger partial charge in [0.25, 0.3) is 0 Å². The van der Waals surface area contributed by atoms with E-state index in [2.05, 4.69) is 50.2 Å². The Hall–Kier alpha value is -1.60. The van der Waals surface area contributed by atoms with Crippen LogP contribution in [0.4, 0.5) is 0 Å². The summed E-state index contributed by atoms with van der Waals surface area (Å²) in [5, 5.41) is 10.1. The Morgan fingerprint density at radius 3 is 2.10 bits per heavy atom. The molecule has 0 aromatic heterocycles. The molecule has 20 heavy (non-hydrogen) atoms. The minimum atomic E-state index is -0.264. The van der Waals surface area contributed by atoms with Crippen molar-refractivity contribution in [3.63, 3.8) is 0 Å². The molecule has 106 valence electrons. The molecule has 2 aromatic carbocycles. The molecule has 0 radical (unpaired) electrons. The number of benzene rings is 2. The third-order valence-corrected chi connectivity index (χ3v) is 3.73. The van der Waals surface area contributed by atoms with Gasteiger partial charge in [-0.1, -0.05) is 68.4 Å². The van der Waals surface area contributed by atoms with Gasteiger partial charge in [-0.05, 0) is 41.9 Å². The molecule has 1 atom stereocenters.